The molecule has 37 heavy (non-hydrogen) atoms. The molecule has 0 saturated carbocycles. The van der Waals surface area contributed by atoms with Gasteiger partial charge in [0.25, 0.3) is 0 Å². The number of hydrogen-bond donors (Lipinski definition) is 0. The number of para-hydroxylation sites is 2. The van der Waals surface area contributed by atoms with Crippen LogP contribution in [0, 0.1) is 5.92 Å². The first-order valence-electron chi connectivity index (χ1n) is 14.1. The van der Waals surface area contributed by atoms with Crippen LogP contribution in [0.15, 0.2) is 72.5 Å². The van der Waals surface area contributed by atoms with E-state index in [1.165, 1.54) is 33.9 Å². The first-order valence-corrected chi connectivity index (χ1v) is 14.1. The van der Waals surface area contributed by atoms with Crippen LogP contribution in [0.4, 0.5) is 11.4 Å². The molecule has 2 aliphatic rings. The van der Waals surface area contributed by atoms with E-state index < -0.39 is 0 Å². The summed E-state index contributed by atoms with van der Waals surface area (Å²) < 4.78 is 2.33. The fourth-order valence-corrected chi connectivity index (χ4v) is 6.13. The number of anilines is 1. The standard InChI is InChI=1S/C34H45N2O/c1-25(2)30(37)21-10-8-9-15-24-36-29-20-14-12-18-27(29)34(5,6)32(36)23-16-22-31-33(3,4)26-17-11-13-19-28(26)35(31)7/h11-14,16-20,22-23,25H,8-10,15,21,24H2,1-7H3/q+1. The van der Waals surface area contributed by atoms with Crippen LogP contribution in [0.25, 0.3) is 0 Å². The maximum absolute atomic E-state index is 11.9. The summed E-state index contributed by atoms with van der Waals surface area (Å²) in [6.07, 6.45) is 12.0. The van der Waals surface area contributed by atoms with Crippen LogP contribution in [0.1, 0.15) is 84.8 Å². The molecule has 0 unspecified atom stereocenters. The Balaban J connectivity index is 1.51. The van der Waals surface area contributed by atoms with Crippen molar-refractivity contribution in [3.05, 3.63) is 83.6 Å². The van der Waals surface area contributed by atoms with Gasteiger partial charge in [0.15, 0.2) is 5.71 Å². The van der Waals surface area contributed by atoms with E-state index in [-0.39, 0.29) is 16.7 Å². The van der Waals surface area contributed by atoms with Crippen LogP contribution < -0.4 is 4.90 Å². The minimum absolute atomic E-state index is 0.0227. The van der Waals surface area contributed by atoms with Crippen molar-refractivity contribution >= 4 is 22.9 Å². The number of Topliss-reactive ketones (excluding diaryl/α,β-unsaturated/α-hetero) is 1. The van der Waals surface area contributed by atoms with E-state index >= 15 is 0 Å². The lowest BCUT2D eigenvalue weighted by atomic mass is 9.81. The molecular weight excluding hydrogens is 452 g/mol. The molecule has 2 aromatic rings. The summed E-state index contributed by atoms with van der Waals surface area (Å²) >= 11 is 0. The van der Waals surface area contributed by atoms with E-state index in [0.717, 1.165) is 38.6 Å². The van der Waals surface area contributed by atoms with Gasteiger partial charge in [-0.2, -0.15) is 4.58 Å². The monoisotopic (exact) mass is 497 g/mol. The molecule has 0 saturated heterocycles. The zero-order chi connectivity index (χ0) is 26.8. The summed E-state index contributed by atoms with van der Waals surface area (Å²) in [4.78, 5) is 14.5. The molecule has 2 aliphatic heterocycles. The van der Waals surface area contributed by atoms with Crippen molar-refractivity contribution in [1.82, 2.24) is 0 Å². The highest BCUT2D eigenvalue weighted by atomic mass is 16.1. The van der Waals surface area contributed by atoms with Gasteiger partial charge in [-0.05, 0) is 44.4 Å². The number of hydrogen-bond acceptors (Lipinski definition) is 2. The fraction of sp³-hybridized carbons (Fsp3) is 0.471. The van der Waals surface area contributed by atoms with E-state index in [1.807, 2.05) is 13.8 Å². The predicted octanol–water partition coefficient (Wildman–Crippen LogP) is 8.11. The second-order valence-electron chi connectivity index (χ2n) is 12.1. The van der Waals surface area contributed by atoms with Crippen molar-refractivity contribution in [1.29, 1.82) is 0 Å². The van der Waals surface area contributed by atoms with Crippen molar-refractivity contribution in [3.8, 4) is 0 Å². The van der Waals surface area contributed by atoms with Gasteiger partial charge in [0, 0.05) is 53.4 Å². The smallest absolute Gasteiger partial charge is 0.209 e. The lowest BCUT2D eigenvalue weighted by Gasteiger charge is -2.27. The molecule has 0 aromatic heterocycles. The number of unbranched alkanes of at least 4 members (excludes halogenated alkanes) is 3. The number of rotatable bonds is 10. The first kappa shape index (κ1) is 27.1. The lowest BCUT2D eigenvalue weighted by Crippen LogP contribution is -2.27. The van der Waals surface area contributed by atoms with E-state index in [4.69, 9.17) is 0 Å². The zero-order valence-electron chi connectivity index (χ0n) is 24.0. The SMILES string of the molecule is CC(C)C(=O)CCCCCCN1/C(=C/C=C/C2=[N+](C)c3ccccc3C2(C)C)C(C)(C)c2ccccc21. The molecule has 0 fully saturated rings. The second-order valence-corrected chi connectivity index (χ2v) is 12.1. The summed E-state index contributed by atoms with van der Waals surface area (Å²) in [5.74, 6) is 0.551. The molecule has 0 bridgehead atoms. The third kappa shape index (κ3) is 5.23. The summed E-state index contributed by atoms with van der Waals surface area (Å²) in [7, 11) is 2.18. The largest absolute Gasteiger partial charge is 0.344 e. The molecule has 2 aromatic carbocycles. The van der Waals surface area contributed by atoms with E-state index in [0.29, 0.717) is 5.78 Å². The van der Waals surface area contributed by atoms with Crippen LogP contribution >= 0.6 is 0 Å². The molecule has 3 heteroatoms. The molecule has 0 amide bonds. The quantitative estimate of drug-likeness (QED) is 0.244. The Morgan fingerprint density at radius 2 is 1.54 bits per heavy atom. The molecule has 0 atom stereocenters. The molecule has 4 rings (SSSR count). The summed E-state index contributed by atoms with van der Waals surface area (Å²) in [5, 5.41) is 0. The predicted molar refractivity (Wildman–Crippen MR) is 157 cm³/mol. The average Bonchev–Trinajstić information content (AvgIpc) is 3.20. The number of fused-ring (bicyclic) bond motifs is 2. The Labute approximate surface area is 224 Å². The van der Waals surface area contributed by atoms with Gasteiger partial charge >= 0.3 is 0 Å². The fourth-order valence-electron chi connectivity index (χ4n) is 6.13. The minimum atomic E-state index is -0.0463. The van der Waals surface area contributed by atoms with E-state index in [9.17, 15) is 4.79 Å². The summed E-state index contributed by atoms with van der Waals surface area (Å²) in [6, 6.07) is 17.6. The van der Waals surface area contributed by atoms with E-state index in [2.05, 4.69) is 111 Å². The maximum Gasteiger partial charge on any atom is 0.209 e. The summed E-state index contributed by atoms with van der Waals surface area (Å²) in [5.41, 5.74) is 8.02. The molecule has 196 valence electrons. The Morgan fingerprint density at radius 3 is 2.24 bits per heavy atom. The average molecular weight is 498 g/mol. The van der Waals surface area contributed by atoms with Crippen molar-refractivity contribution in [2.75, 3.05) is 18.5 Å². The number of nitrogens with zero attached hydrogens (tertiary/aromatic N) is 2. The Bertz CT molecular complexity index is 1240. The van der Waals surface area contributed by atoms with Gasteiger partial charge in [-0.25, -0.2) is 0 Å². The highest BCUT2D eigenvalue weighted by molar-refractivity contribution is 6.03. The van der Waals surface area contributed by atoms with Crippen LogP contribution in [0.5, 0.6) is 0 Å². The third-order valence-electron chi connectivity index (χ3n) is 8.45. The van der Waals surface area contributed by atoms with Crippen LogP contribution in [0.3, 0.4) is 0 Å². The molecular formula is C34H45N2O+. The van der Waals surface area contributed by atoms with Crippen LogP contribution in [-0.2, 0) is 15.6 Å². The highest BCUT2D eigenvalue weighted by Gasteiger charge is 2.43. The molecule has 0 aliphatic carbocycles. The number of carbonyl (C=O) groups excluding carboxylic acids is 1. The Morgan fingerprint density at radius 1 is 0.892 bits per heavy atom. The molecule has 0 spiro atoms. The van der Waals surface area contributed by atoms with Gasteiger partial charge in [-0.3, -0.25) is 4.79 Å². The van der Waals surface area contributed by atoms with Crippen LogP contribution in [-0.4, -0.2) is 29.7 Å². The Hall–Kier alpha value is -2.94. The number of carbonyl (C=O) groups is 1. The van der Waals surface area contributed by atoms with Crippen molar-refractivity contribution in [3.63, 3.8) is 0 Å². The van der Waals surface area contributed by atoms with Crippen molar-refractivity contribution in [2.24, 2.45) is 5.92 Å². The van der Waals surface area contributed by atoms with Gasteiger partial charge in [-0.1, -0.05) is 83.0 Å². The topological polar surface area (TPSA) is 23.3 Å². The van der Waals surface area contributed by atoms with E-state index in [1.54, 1.807) is 0 Å². The van der Waals surface area contributed by atoms with Crippen molar-refractivity contribution < 1.29 is 9.37 Å². The maximum atomic E-state index is 11.9. The second kappa shape index (κ2) is 10.8. The Kier molecular flexibility index (Phi) is 7.92. The van der Waals surface area contributed by atoms with Gasteiger partial charge < -0.3 is 4.90 Å². The first-order chi connectivity index (χ1) is 17.6. The molecule has 0 N–H and O–H groups in total. The van der Waals surface area contributed by atoms with Crippen LogP contribution in [0.2, 0.25) is 0 Å². The van der Waals surface area contributed by atoms with Gasteiger partial charge in [0.1, 0.15) is 12.8 Å². The molecule has 0 radical (unpaired) electrons. The minimum Gasteiger partial charge on any atom is -0.344 e. The molecule has 3 nitrogen and oxygen atoms in total. The highest BCUT2D eigenvalue weighted by Crippen LogP contribution is 2.47. The zero-order valence-corrected chi connectivity index (χ0v) is 24.0. The van der Waals surface area contributed by atoms with Gasteiger partial charge in [0.05, 0.1) is 5.41 Å². The molecule has 2 heterocycles. The number of benzene rings is 2. The normalized spacial score (nSPS) is 18.8. The van der Waals surface area contributed by atoms with Crippen molar-refractivity contribution in [2.45, 2.75) is 84.5 Å². The summed E-state index contributed by atoms with van der Waals surface area (Å²) in [6.45, 7) is 14.3. The lowest BCUT2D eigenvalue weighted by molar-refractivity contribution is -0.401. The van der Waals surface area contributed by atoms with Gasteiger partial charge in [0.2, 0.25) is 5.69 Å². The van der Waals surface area contributed by atoms with Gasteiger partial charge in [-0.15, -0.1) is 0 Å². The number of ketones is 1. The third-order valence-corrected chi connectivity index (χ3v) is 8.45. The number of allylic oxidation sites excluding steroid dienone is 4.